The number of nitrogens with one attached hydrogen (secondary N) is 1. The Bertz CT molecular complexity index is 702. The predicted molar refractivity (Wildman–Crippen MR) is 95.5 cm³/mol. The summed E-state index contributed by atoms with van der Waals surface area (Å²) in [6.07, 6.45) is 1.69. The molecule has 25 heavy (non-hydrogen) atoms. The highest BCUT2D eigenvalue weighted by molar-refractivity contribution is 5.96. The topological polar surface area (TPSA) is 65.8 Å². The lowest BCUT2D eigenvalue weighted by Gasteiger charge is -2.33. The molecule has 1 amide bonds. The molecule has 1 saturated heterocycles. The van der Waals surface area contributed by atoms with Crippen LogP contribution in [0.1, 0.15) is 23.0 Å². The van der Waals surface area contributed by atoms with Crippen LogP contribution in [-0.4, -0.2) is 54.2 Å². The summed E-state index contributed by atoms with van der Waals surface area (Å²) in [6.45, 7) is 6.27. The van der Waals surface area contributed by atoms with Crippen LogP contribution in [0.3, 0.4) is 0 Å². The number of hydrogen-bond donors (Lipinski definition) is 1. The van der Waals surface area contributed by atoms with Gasteiger partial charge in [0.15, 0.2) is 5.78 Å². The van der Waals surface area contributed by atoms with Gasteiger partial charge in [0.05, 0.1) is 19.4 Å². The van der Waals surface area contributed by atoms with Gasteiger partial charge in [0, 0.05) is 37.4 Å². The molecule has 2 aromatic rings. The molecular formula is C19H23N3O3. The Labute approximate surface area is 147 Å². The van der Waals surface area contributed by atoms with Gasteiger partial charge < -0.3 is 9.73 Å². The number of furan rings is 1. The number of anilines is 1. The lowest BCUT2D eigenvalue weighted by Crippen LogP contribution is -2.48. The van der Waals surface area contributed by atoms with Gasteiger partial charge in [-0.15, -0.1) is 0 Å². The maximum absolute atomic E-state index is 12.2. The number of hydrogen-bond acceptors (Lipinski definition) is 5. The number of ketones is 1. The molecule has 1 aliphatic rings. The molecule has 1 aliphatic heterocycles. The summed E-state index contributed by atoms with van der Waals surface area (Å²) in [4.78, 5) is 27.9. The molecule has 0 aliphatic carbocycles. The van der Waals surface area contributed by atoms with E-state index in [2.05, 4.69) is 15.1 Å². The zero-order chi connectivity index (χ0) is 17.6. The first-order valence-corrected chi connectivity index (χ1v) is 8.48. The molecule has 0 spiro atoms. The Morgan fingerprint density at radius 3 is 2.32 bits per heavy atom. The monoisotopic (exact) mass is 341 g/mol. The zero-order valence-corrected chi connectivity index (χ0v) is 14.4. The Morgan fingerprint density at radius 2 is 1.72 bits per heavy atom. The second kappa shape index (κ2) is 8.09. The van der Waals surface area contributed by atoms with Crippen molar-refractivity contribution in [1.82, 2.24) is 9.80 Å². The average molecular weight is 341 g/mol. The second-order valence-electron chi connectivity index (χ2n) is 6.31. The highest BCUT2D eigenvalue weighted by Gasteiger charge is 2.19. The summed E-state index contributed by atoms with van der Waals surface area (Å²) in [5.41, 5.74) is 1.36. The van der Waals surface area contributed by atoms with E-state index in [0.717, 1.165) is 38.5 Å². The maximum atomic E-state index is 12.2. The van der Waals surface area contributed by atoms with Gasteiger partial charge in [0.25, 0.3) is 0 Å². The minimum Gasteiger partial charge on any atom is -0.468 e. The molecule has 1 N–H and O–H groups in total. The SMILES string of the molecule is CC(=O)c1ccc(NC(=O)CN2CCN(Cc3ccco3)CC2)cc1. The van der Waals surface area contributed by atoms with Crippen LogP contribution < -0.4 is 5.32 Å². The highest BCUT2D eigenvalue weighted by atomic mass is 16.3. The Kier molecular flexibility index (Phi) is 5.63. The maximum Gasteiger partial charge on any atom is 0.238 e. The van der Waals surface area contributed by atoms with Crippen LogP contribution in [-0.2, 0) is 11.3 Å². The standard InChI is InChI=1S/C19H23N3O3/c1-15(23)16-4-6-17(7-5-16)20-19(24)14-22-10-8-21(9-11-22)13-18-3-2-12-25-18/h2-7,12H,8-11,13-14H2,1H3,(H,20,24). The van der Waals surface area contributed by atoms with E-state index < -0.39 is 0 Å². The van der Waals surface area contributed by atoms with Crippen molar-refractivity contribution in [3.8, 4) is 0 Å². The molecule has 1 aromatic carbocycles. The third kappa shape index (κ3) is 5.01. The van der Waals surface area contributed by atoms with Gasteiger partial charge in [0.2, 0.25) is 5.91 Å². The summed E-state index contributed by atoms with van der Waals surface area (Å²) in [7, 11) is 0. The molecule has 132 valence electrons. The number of carbonyl (C=O) groups is 2. The molecular weight excluding hydrogens is 318 g/mol. The molecule has 3 rings (SSSR count). The smallest absolute Gasteiger partial charge is 0.238 e. The fourth-order valence-corrected chi connectivity index (χ4v) is 2.92. The van der Waals surface area contributed by atoms with E-state index in [1.807, 2.05) is 12.1 Å². The summed E-state index contributed by atoms with van der Waals surface area (Å²) in [5, 5.41) is 2.88. The molecule has 0 bridgehead atoms. The lowest BCUT2D eigenvalue weighted by atomic mass is 10.1. The average Bonchev–Trinajstić information content (AvgIpc) is 3.10. The van der Waals surface area contributed by atoms with Crippen LogP contribution in [0.2, 0.25) is 0 Å². The van der Waals surface area contributed by atoms with Crippen molar-refractivity contribution in [3.05, 3.63) is 54.0 Å². The molecule has 1 aromatic heterocycles. The van der Waals surface area contributed by atoms with Crippen molar-refractivity contribution in [2.45, 2.75) is 13.5 Å². The van der Waals surface area contributed by atoms with E-state index in [9.17, 15) is 9.59 Å². The van der Waals surface area contributed by atoms with E-state index in [1.54, 1.807) is 30.5 Å². The minimum absolute atomic E-state index is 0.0188. The number of carbonyl (C=O) groups excluding carboxylic acids is 2. The minimum atomic E-state index is -0.0324. The van der Waals surface area contributed by atoms with Crippen molar-refractivity contribution in [1.29, 1.82) is 0 Å². The zero-order valence-electron chi connectivity index (χ0n) is 14.4. The molecule has 1 fully saturated rings. The normalized spacial score (nSPS) is 15.9. The van der Waals surface area contributed by atoms with Gasteiger partial charge in [-0.25, -0.2) is 0 Å². The number of benzene rings is 1. The molecule has 0 radical (unpaired) electrons. The first kappa shape index (κ1) is 17.4. The lowest BCUT2D eigenvalue weighted by molar-refractivity contribution is -0.117. The Hall–Kier alpha value is -2.44. The first-order chi connectivity index (χ1) is 12.1. The third-order valence-corrected chi connectivity index (χ3v) is 4.37. The molecule has 2 heterocycles. The van der Waals surface area contributed by atoms with Crippen molar-refractivity contribution < 1.29 is 14.0 Å². The van der Waals surface area contributed by atoms with Gasteiger partial charge in [0.1, 0.15) is 5.76 Å². The number of amides is 1. The third-order valence-electron chi connectivity index (χ3n) is 4.37. The highest BCUT2D eigenvalue weighted by Crippen LogP contribution is 2.11. The number of nitrogens with zero attached hydrogens (tertiary/aromatic N) is 2. The first-order valence-electron chi connectivity index (χ1n) is 8.48. The van der Waals surface area contributed by atoms with E-state index in [-0.39, 0.29) is 11.7 Å². The Morgan fingerprint density at radius 1 is 1.04 bits per heavy atom. The van der Waals surface area contributed by atoms with Gasteiger partial charge in [-0.1, -0.05) is 0 Å². The van der Waals surface area contributed by atoms with Crippen LogP contribution in [0, 0.1) is 0 Å². The fraction of sp³-hybridized carbons (Fsp3) is 0.368. The summed E-state index contributed by atoms with van der Waals surface area (Å²) < 4.78 is 5.38. The van der Waals surface area contributed by atoms with Crippen molar-refractivity contribution >= 4 is 17.4 Å². The molecule has 6 nitrogen and oxygen atoms in total. The molecule has 0 unspecified atom stereocenters. The quantitative estimate of drug-likeness (QED) is 0.816. The van der Waals surface area contributed by atoms with Crippen molar-refractivity contribution in [3.63, 3.8) is 0 Å². The second-order valence-corrected chi connectivity index (χ2v) is 6.31. The van der Waals surface area contributed by atoms with Gasteiger partial charge >= 0.3 is 0 Å². The van der Waals surface area contributed by atoms with Gasteiger partial charge in [-0.3, -0.25) is 19.4 Å². The molecule has 6 heteroatoms. The van der Waals surface area contributed by atoms with Crippen LogP contribution in [0.15, 0.2) is 47.1 Å². The number of Topliss-reactive ketones (excluding diaryl/α,β-unsaturated/α-hetero) is 1. The van der Waals surface area contributed by atoms with Gasteiger partial charge in [-0.2, -0.15) is 0 Å². The molecule has 0 atom stereocenters. The van der Waals surface area contributed by atoms with E-state index >= 15 is 0 Å². The molecule has 0 saturated carbocycles. The largest absolute Gasteiger partial charge is 0.468 e. The van der Waals surface area contributed by atoms with E-state index in [0.29, 0.717) is 17.8 Å². The predicted octanol–water partition coefficient (Wildman–Crippen LogP) is 2.24. The van der Waals surface area contributed by atoms with E-state index in [4.69, 9.17) is 4.42 Å². The number of piperazine rings is 1. The van der Waals surface area contributed by atoms with Crippen molar-refractivity contribution in [2.75, 3.05) is 38.0 Å². The van der Waals surface area contributed by atoms with E-state index in [1.165, 1.54) is 6.92 Å². The van der Waals surface area contributed by atoms with Crippen LogP contribution in [0.5, 0.6) is 0 Å². The summed E-state index contributed by atoms with van der Waals surface area (Å²) in [6, 6.07) is 10.9. The Balaban J connectivity index is 1.42. The van der Waals surface area contributed by atoms with Gasteiger partial charge in [-0.05, 0) is 43.3 Å². The van der Waals surface area contributed by atoms with Crippen molar-refractivity contribution in [2.24, 2.45) is 0 Å². The summed E-state index contributed by atoms with van der Waals surface area (Å²) >= 11 is 0. The number of rotatable bonds is 6. The van der Waals surface area contributed by atoms with Crippen LogP contribution in [0.25, 0.3) is 0 Å². The van der Waals surface area contributed by atoms with Crippen LogP contribution in [0.4, 0.5) is 5.69 Å². The van der Waals surface area contributed by atoms with Crippen LogP contribution >= 0.6 is 0 Å². The summed E-state index contributed by atoms with van der Waals surface area (Å²) in [5.74, 6) is 0.959. The fourth-order valence-electron chi connectivity index (χ4n) is 2.92.